The molecule has 0 saturated heterocycles. The zero-order valence-electron chi connectivity index (χ0n) is 31.1. The van der Waals surface area contributed by atoms with E-state index in [0.717, 1.165) is 51.4 Å². The van der Waals surface area contributed by atoms with Gasteiger partial charge in [0.1, 0.15) is 0 Å². The molecule has 1 aromatic heterocycles. The summed E-state index contributed by atoms with van der Waals surface area (Å²) in [5.74, 6) is 4.12. The molecular weight excluding hydrogens is 740 g/mol. The van der Waals surface area contributed by atoms with Crippen LogP contribution in [-0.4, -0.2) is 14.5 Å². The Bertz CT molecular complexity index is 2990. The monoisotopic (exact) mass is 778 g/mol. The van der Waals surface area contributed by atoms with Crippen molar-refractivity contribution in [1.82, 2.24) is 0 Å². The topological polar surface area (TPSA) is 24.9 Å². The Kier molecular flexibility index (Phi) is 7.23. The third-order valence-electron chi connectivity index (χ3n) is 11.3. The number of rotatable bonds is 4. The Labute approximate surface area is 326 Å². The fraction of sp³-hybridized carbons (Fsp3) is 0.120. The first kappa shape index (κ1) is 32.4. The van der Waals surface area contributed by atoms with Gasteiger partial charge in [0.15, 0.2) is 0 Å². The molecule has 0 unspecified atom stereocenters. The van der Waals surface area contributed by atoms with Crippen LogP contribution >= 0.6 is 0 Å². The van der Waals surface area contributed by atoms with Crippen LogP contribution in [0.25, 0.3) is 40.8 Å². The number of anilines is 6. The molecule has 8 aromatic carbocycles. The van der Waals surface area contributed by atoms with Gasteiger partial charge in [-0.1, -0.05) is 12.1 Å². The zero-order valence-corrected chi connectivity index (χ0v) is 32.8. The van der Waals surface area contributed by atoms with Gasteiger partial charge in [0.2, 0.25) is 0 Å². The summed E-state index contributed by atoms with van der Waals surface area (Å²) < 4.78 is 16.2. The third kappa shape index (κ3) is 4.90. The first-order valence-corrected chi connectivity index (χ1v) is 20.9. The average Bonchev–Trinajstić information content (AvgIpc) is 3.57. The van der Waals surface area contributed by atoms with E-state index in [1.165, 1.54) is 57.7 Å². The minimum absolute atomic E-state index is 0.200. The van der Waals surface area contributed by atoms with Crippen molar-refractivity contribution in [3.05, 3.63) is 157 Å². The van der Waals surface area contributed by atoms with Gasteiger partial charge in [0, 0.05) is 0 Å². The molecule has 0 radical (unpaired) electrons. The van der Waals surface area contributed by atoms with E-state index < -0.39 is 0 Å². The number of ether oxygens (including phenoxy) is 2. The summed E-state index contributed by atoms with van der Waals surface area (Å²) in [5.41, 5.74) is 9.10. The average molecular weight is 778 g/mol. The quantitative estimate of drug-likeness (QED) is 0.131. The van der Waals surface area contributed by atoms with Gasteiger partial charge in [0.25, 0.3) is 0 Å². The summed E-state index contributed by atoms with van der Waals surface area (Å²) in [5, 5.41) is 7.37. The molecule has 9 aromatic rings. The number of fused-ring (bicyclic) bond motifs is 9. The predicted molar refractivity (Wildman–Crippen MR) is 231 cm³/mol. The first-order valence-electron chi connectivity index (χ1n) is 19.1. The van der Waals surface area contributed by atoms with Gasteiger partial charge < -0.3 is 0 Å². The van der Waals surface area contributed by atoms with E-state index in [-0.39, 0.29) is 14.5 Å². The van der Waals surface area contributed by atoms with Crippen LogP contribution in [-0.2, 0) is 0 Å². The first-order chi connectivity index (χ1) is 26.9. The van der Waals surface area contributed by atoms with Crippen molar-refractivity contribution in [1.29, 1.82) is 0 Å². The van der Waals surface area contributed by atoms with Crippen LogP contribution < -0.4 is 19.3 Å². The van der Waals surface area contributed by atoms with Gasteiger partial charge in [-0.2, -0.15) is 0 Å². The minimum atomic E-state index is 0.200. The number of hydrogen-bond donors (Lipinski definition) is 0. The number of para-hydroxylation sites is 6. The Morgan fingerprint density at radius 2 is 0.855 bits per heavy atom. The van der Waals surface area contributed by atoms with E-state index in [1.807, 2.05) is 0 Å². The van der Waals surface area contributed by atoms with E-state index in [9.17, 15) is 0 Å². The Morgan fingerprint density at radius 1 is 0.382 bits per heavy atom. The zero-order chi connectivity index (χ0) is 36.9. The van der Waals surface area contributed by atoms with Crippen LogP contribution in [0.15, 0.2) is 146 Å². The summed E-state index contributed by atoms with van der Waals surface area (Å²) in [6, 6.07) is 53.2. The van der Waals surface area contributed by atoms with Gasteiger partial charge in [-0.25, -0.2) is 0 Å². The van der Waals surface area contributed by atoms with Gasteiger partial charge >= 0.3 is 316 Å². The van der Waals surface area contributed by atoms with E-state index in [2.05, 4.69) is 183 Å². The van der Waals surface area contributed by atoms with E-state index in [4.69, 9.17) is 9.47 Å². The normalized spacial score (nSPS) is 13.3. The molecule has 2 aliphatic rings. The van der Waals surface area contributed by atoms with Crippen LogP contribution in [0.5, 0.6) is 23.0 Å². The molecule has 0 saturated carbocycles. The van der Waals surface area contributed by atoms with Gasteiger partial charge in [-0.05, 0) is 0 Å². The summed E-state index contributed by atoms with van der Waals surface area (Å²) in [6.45, 7) is 9.14. The molecule has 0 atom stereocenters. The molecular formula is C50H38N2O2Se. The van der Waals surface area contributed by atoms with Crippen molar-refractivity contribution in [3.63, 3.8) is 0 Å². The van der Waals surface area contributed by atoms with Crippen LogP contribution in [0.1, 0.15) is 50.7 Å². The number of benzene rings is 8. The molecule has 2 aliphatic heterocycles. The second-order valence-electron chi connectivity index (χ2n) is 15.3. The van der Waals surface area contributed by atoms with Crippen molar-refractivity contribution in [2.45, 2.75) is 39.5 Å². The fourth-order valence-corrected chi connectivity index (χ4v) is 10.9. The van der Waals surface area contributed by atoms with Crippen molar-refractivity contribution in [2.75, 3.05) is 9.80 Å². The molecule has 5 heteroatoms. The standard InChI is InChI=1S/C50H38N2O2Se/c1-29(2)31-22-24-35-37(25-31)49(51-39-14-6-9-17-43(39)53-44-18-10-7-15-40(44)51)34-23-21-32(30(3)4)26-38(34)50(35)52-41-16-8-11-19-45(41)54-46-27-36-33-13-5-12-20-47(33)55-48(36)28-42(46)52/h5-30H,1-4H3. The maximum atomic E-state index is 6.85. The van der Waals surface area contributed by atoms with Crippen molar-refractivity contribution in [3.8, 4) is 23.0 Å². The second kappa shape index (κ2) is 12.3. The molecule has 266 valence electrons. The molecule has 55 heavy (non-hydrogen) atoms. The van der Waals surface area contributed by atoms with Gasteiger partial charge in [0.05, 0.1) is 0 Å². The SMILES string of the molecule is CC(C)c1ccc2c(N3c4ccccc4Oc4cc5c(cc43)[se]c3ccccc35)c3cc(C(C)C)ccc3c(N3c4ccccc4Oc4ccccc43)c2c1. The molecule has 0 amide bonds. The molecule has 0 fully saturated rings. The molecule has 11 rings (SSSR count). The molecule has 0 N–H and O–H groups in total. The van der Waals surface area contributed by atoms with E-state index in [0.29, 0.717) is 11.8 Å². The summed E-state index contributed by atoms with van der Waals surface area (Å²) >= 11 is 0.200. The van der Waals surface area contributed by atoms with Crippen LogP contribution in [0.3, 0.4) is 0 Å². The fourth-order valence-electron chi connectivity index (χ4n) is 8.58. The van der Waals surface area contributed by atoms with Gasteiger partial charge in [-0.15, -0.1) is 0 Å². The number of hydrogen-bond acceptors (Lipinski definition) is 4. The molecule has 0 aliphatic carbocycles. The molecule has 0 bridgehead atoms. The van der Waals surface area contributed by atoms with E-state index >= 15 is 0 Å². The Morgan fingerprint density at radius 3 is 1.40 bits per heavy atom. The van der Waals surface area contributed by atoms with Crippen molar-refractivity contribution in [2.24, 2.45) is 0 Å². The molecule has 0 spiro atoms. The summed E-state index contributed by atoms with van der Waals surface area (Å²) in [4.78, 5) is 4.94. The predicted octanol–water partition coefficient (Wildman–Crippen LogP) is 14.8. The summed E-state index contributed by atoms with van der Waals surface area (Å²) in [6.07, 6.45) is 0. The van der Waals surface area contributed by atoms with Crippen LogP contribution in [0.2, 0.25) is 0 Å². The molecule has 3 heterocycles. The second-order valence-corrected chi connectivity index (χ2v) is 17.6. The Hall–Kier alpha value is -6.00. The van der Waals surface area contributed by atoms with Crippen LogP contribution in [0.4, 0.5) is 34.1 Å². The van der Waals surface area contributed by atoms with Gasteiger partial charge in [-0.3, -0.25) is 0 Å². The maximum absolute atomic E-state index is 6.85. The van der Waals surface area contributed by atoms with Crippen molar-refractivity contribution >= 4 is 89.5 Å². The summed E-state index contributed by atoms with van der Waals surface area (Å²) in [7, 11) is 0. The van der Waals surface area contributed by atoms with E-state index in [1.54, 1.807) is 0 Å². The van der Waals surface area contributed by atoms with Crippen LogP contribution in [0, 0.1) is 0 Å². The molecule has 4 nitrogen and oxygen atoms in total. The number of nitrogens with zero attached hydrogens (tertiary/aromatic N) is 2. The Balaban J connectivity index is 1.30. The third-order valence-corrected chi connectivity index (χ3v) is 13.7. The van der Waals surface area contributed by atoms with Crippen molar-refractivity contribution < 1.29 is 9.47 Å².